The molecule has 1 aromatic carbocycles. The van der Waals surface area contributed by atoms with Gasteiger partial charge in [-0.2, -0.15) is 0 Å². The van der Waals surface area contributed by atoms with Crippen LogP contribution in [0.3, 0.4) is 0 Å². The standard InChI is InChI=1S/C6H5BrO3S.Na/c7-5-2-1-4(11(9)10)3-6(5)8;/h1-3,8H,(H,9,10);/q;+1/p-1. The fraction of sp³-hybridized carbons (Fsp3) is 0. The molecule has 0 aliphatic heterocycles. The van der Waals surface area contributed by atoms with E-state index in [0.29, 0.717) is 4.47 Å². The molecule has 6 heteroatoms. The molecule has 60 valence electrons. The van der Waals surface area contributed by atoms with E-state index in [1.165, 1.54) is 18.2 Å². The van der Waals surface area contributed by atoms with E-state index < -0.39 is 11.1 Å². The van der Waals surface area contributed by atoms with Gasteiger partial charge in [0.05, 0.1) is 4.47 Å². The SMILES string of the molecule is O=S([O-])c1ccc(Br)c(O)c1.[Na+]. The van der Waals surface area contributed by atoms with Crippen LogP contribution in [0.15, 0.2) is 27.6 Å². The van der Waals surface area contributed by atoms with Gasteiger partial charge in [0.1, 0.15) is 5.75 Å². The first-order chi connectivity index (χ1) is 5.11. The maximum absolute atomic E-state index is 10.3. The van der Waals surface area contributed by atoms with Gasteiger partial charge in [0.25, 0.3) is 0 Å². The van der Waals surface area contributed by atoms with Crippen LogP contribution in [0.25, 0.3) is 0 Å². The molecule has 0 radical (unpaired) electrons. The topological polar surface area (TPSA) is 60.4 Å². The fourth-order valence-corrected chi connectivity index (χ4v) is 1.23. The fourth-order valence-electron chi connectivity index (χ4n) is 0.596. The van der Waals surface area contributed by atoms with Gasteiger partial charge >= 0.3 is 29.6 Å². The van der Waals surface area contributed by atoms with Gasteiger partial charge in [0, 0.05) is 4.90 Å². The molecule has 1 N–H and O–H groups in total. The molecule has 0 aromatic heterocycles. The second-order valence-electron chi connectivity index (χ2n) is 1.85. The van der Waals surface area contributed by atoms with Crippen molar-refractivity contribution in [2.24, 2.45) is 0 Å². The van der Waals surface area contributed by atoms with Crippen LogP contribution in [0.1, 0.15) is 0 Å². The van der Waals surface area contributed by atoms with Crippen LogP contribution in [0.4, 0.5) is 0 Å². The van der Waals surface area contributed by atoms with Gasteiger partial charge in [-0.3, -0.25) is 4.21 Å². The number of phenols is 1. The van der Waals surface area contributed by atoms with Gasteiger partial charge in [-0.25, -0.2) is 0 Å². The monoisotopic (exact) mass is 258 g/mol. The van der Waals surface area contributed by atoms with Crippen molar-refractivity contribution in [3.63, 3.8) is 0 Å². The Morgan fingerprint density at radius 2 is 2.08 bits per heavy atom. The molecule has 1 rings (SSSR count). The van der Waals surface area contributed by atoms with Crippen LogP contribution in [-0.2, 0) is 11.1 Å². The molecule has 1 aromatic rings. The number of rotatable bonds is 1. The summed E-state index contributed by atoms with van der Waals surface area (Å²) in [7, 11) is 0. The summed E-state index contributed by atoms with van der Waals surface area (Å²) in [5.41, 5.74) is 0. The number of halogens is 1. The van der Waals surface area contributed by atoms with Crippen LogP contribution in [-0.4, -0.2) is 13.9 Å². The summed E-state index contributed by atoms with van der Waals surface area (Å²) in [4.78, 5) is 0.0747. The molecule has 0 saturated carbocycles. The molecule has 0 fully saturated rings. The minimum Gasteiger partial charge on any atom is -0.768 e. The summed E-state index contributed by atoms with van der Waals surface area (Å²) >= 11 is 0.749. The minimum absolute atomic E-state index is 0. The summed E-state index contributed by atoms with van der Waals surface area (Å²) in [5, 5.41) is 9.03. The van der Waals surface area contributed by atoms with Gasteiger partial charge < -0.3 is 9.66 Å². The van der Waals surface area contributed by atoms with E-state index in [1.807, 2.05) is 0 Å². The Morgan fingerprint density at radius 1 is 1.50 bits per heavy atom. The van der Waals surface area contributed by atoms with Gasteiger partial charge in [0.2, 0.25) is 0 Å². The molecule has 0 heterocycles. The molecule has 0 saturated heterocycles. The largest absolute Gasteiger partial charge is 1.00 e. The van der Waals surface area contributed by atoms with E-state index >= 15 is 0 Å². The summed E-state index contributed by atoms with van der Waals surface area (Å²) in [6, 6.07) is 4.04. The average Bonchev–Trinajstić information content (AvgIpc) is 1.94. The molecule has 0 bridgehead atoms. The second kappa shape index (κ2) is 5.36. The molecule has 0 amide bonds. The van der Waals surface area contributed by atoms with Gasteiger partial charge in [-0.05, 0) is 45.2 Å². The Morgan fingerprint density at radius 3 is 2.50 bits per heavy atom. The summed E-state index contributed by atoms with van der Waals surface area (Å²) in [6.07, 6.45) is 0. The Balaban J connectivity index is 0.00000121. The molecule has 0 aliphatic carbocycles. The first kappa shape index (κ1) is 12.6. The van der Waals surface area contributed by atoms with Crippen molar-refractivity contribution in [1.82, 2.24) is 0 Å². The Hall–Kier alpha value is 0.610. The van der Waals surface area contributed by atoms with E-state index in [4.69, 9.17) is 5.11 Å². The van der Waals surface area contributed by atoms with E-state index in [0.717, 1.165) is 0 Å². The average molecular weight is 259 g/mol. The molecular weight excluding hydrogens is 255 g/mol. The molecule has 0 aliphatic rings. The quantitative estimate of drug-likeness (QED) is 0.488. The van der Waals surface area contributed by atoms with Gasteiger partial charge in [-0.15, -0.1) is 0 Å². The summed E-state index contributed by atoms with van der Waals surface area (Å²) < 4.78 is 21.2. The number of hydrogen-bond donors (Lipinski definition) is 1. The Labute approximate surface area is 103 Å². The first-order valence-corrected chi connectivity index (χ1v) is 4.56. The first-order valence-electron chi connectivity index (χ1n) is 2.69. The van der Waals surface area contributed by atoms with Crippen LogP contribution in [0, 0.1) is 0 Å². The summed E-state index contributed by atoms with van der Waals surface area (Å²) in [6.45, 7) is 0. The third-order valence-corrected chi connectivity index (χ3v) is 2.42. The third-order valence-electron chi connectivity index (χ3n) is 1.11. The van der Waals surface area contributed by atoms with Crippen LogP contribution >= 0.6 is 15.9 Å². The second-order valence-corrected chi connectivity index (χ2v) is 3.64. The van der Waals surface area contributed by atoms with Crippen molar-refractivity contribution in [2.45, 2.75) is 4.90 Å². The van der Waals surface area contributed by atoms with Crippen LogP contribution in [0.5, 0.6) is 5.75 Å². The molecule has 1 atom stereocenters. The predicted molar refractivity (Wildman–Crippen MR) is 43.0 cm³/mol. The summed E-state index contributed by atoms with van der Waals surface area (Å²) in [5.74, 6) is -0.0771. The Kier molecular flexibility index (Phi) is 5.64. The van der Waals surface area contributed by atoms with Crippen molar-refractivity contribution in [2.75, 3.05) is 0 Å². The third kappa shape index (κ3) is 3.16. The van der Waals surface area contributed by atoms with E-state index in [2.05, 4.69) is 15.9 Å². The molecule has 12 heavy (non-hydrogen) atoms. The number of aromatic hydroxyl groups is 1. The zero-order chi connectivity index (χ0) is 8.43. The van der Waals surface area contributed by atoms with Gasteiger partial charge in [-0.1, -0.05) is 0 Å². The molecule has 1 unspecified atom stereocenters. The zero-order valence-corrected chi connectivity index (χ0v) is 10.7. The van der Waals surface area contributed by atoms with Crippen LogP contribution < -0.4 is 29.6 Å². The number of benzene rings is 1. The van der Waals surface area contributed by atoms with Crippen LogP contribution in [0.2, 0.25) is 0 Å². The number of phenolic OH excluding ortho intramolecular Hbond substituents is 1. The minimum atomic E-state index is -2.28. The van der Waals surface area contributed by atoms with Crippen molar-refractivity contribution >= 4 is 27.0 Å². The number of hydrogen-bond acceptors (Lipinski definition) is 3. The zero-order valence-electron chi connectivity index (χ0n) is 6.28. The maximum atomic E-state index is 10.3. The van der Waals surface area contributed by atoms with E-state index in [9.17, 15) is 8.76 Å². The van der Waals surface area contributed by atoms with E-state index in [-0.39, 0.29) is 40.2 Å². The smallest absolute Gasteiger partial charge is 0.768 e. The Bertz CT molecular complexity index is 305. The molecular formula is C6H4BrNaO3S. The normalized spacial score (nSPS) is 11.8. The van der Waals surface area contributed by atoms with E-state index in [1.54, 1.807) is 0 Å². The van der Waals surface area contributed by atoms with Gasteiger partial charge in [0.15, 0.2) is 0 Å². The maximum Gasteiger partial charge on any atom is 1.00 e. The van der Waals surface area contributed by atoms with Crippen molar-refractivity contribution in [1.29, 1.82) is 0 Å². The molecule has 0 spiro atoms. The van der Waals surface area contributed by atoms with Crippen molar-refractivity contribution < 1.29 is 43.4 Å². The van der Waals surface area contributed by atoms with Crippen molar-refractivity contribution in [3.8, 4) is 5.75 Å². The van der Waals surface area contributed by atoms with Crippen molar-refractivity contribution in [3.05, 3.63) is 22.7 Å². The molecule has 3 nitrogen and oxygen atoms in total. The predicted octanol–water partition coefficient (Wildman–Crippen LogP) is -1.60.